The van der Waals surface area contributed by atoms with Gasteiger partial charge in [0.2, 0.25) is 0 Å². The van der Waals surface area contributed by atoms with Gasteiger partial charge >= 0.3 is 0 Å². The molecule has 0 spiro atoms. The number of fused-ring (bicyclic) bond motifs is 1. The molecule has 0 aliphatic rings. The minimum atomic E-state index is 0.538. The Morgan fingerprint density at radius 2 is 2.45 bits per heavy atom. The molecule has 1 aromatic carbocycles. The van der Waals surface area contributed by atoms with Crippen molar-refractivity contribution in [3.63, 3.8) is 0 Å². The third kappa shape index (κ3) is 0.852. The summed E-state index contributed by atoms with van der Waals surface area (Å²) in [5.74, 6) is 0.538. The zero-order valence-electron chi connectivity index (χ0n) is 6.18. The van der Waals surface area contributed by atoms with E-state index >= 15 is 0 Å². The van der Waals surface area contributed by atoms with E-state index in [0.29, 0.717) is 5.82 Å². The summed E-state index contributed by atoms with van der Waals surface area (Å²) in [5.41, 5.74) is 7.62. The molecule has 11 heavy (non-hydrogen) atoms. The van der Waals surface area contributed by atoms with E-state index in [1.54, 1.807) is 0 Å². The van der Waals surface area contributed by atoms with E-state index in [-0.39, 0.29) is 0 Å². The molecule has 0 saturated heterocycles. The van der Waals surface area contributed by atoms with Crippen LogP contribution in [0.5, 0.6) is 0 Å². The molecule has 0 aliphatic heterocycles. The van der Waals surface area contributed by atoms with E-state index in [2.05, 4.69) is 16.3 Å². The number of hydrogen-bond donors (Lipinski definition) is 2. The highest BCUT2D eigenvalue weighted by Gasteiger charge is 1.99. The molecular weight excluding hydrogens is 138 g/mol. The Kier molecular flexibility index (Phi) is 1.12. The maximum absolute atomic E-state index is 5.56. The van der Waals surface area contributed by atoms with Crippen LogP contribution in [0.25, 0.3) is 10.9 Å². The van der Waals surface area contributed by atoms with Crippen LogP contribution in [-0.4, -0.2) is 10.2 Å². The number of nitrogens with zero attached hydrogens (tertiary/aromatic N) is 1. The number of rotatable bonds is 0. The Hall–Kier alpha value is -1.51. The van der Waals surface area contributed by atoms with E-state index in [4.69, 9.17) is 5.73 Å². The maximum Gasteiger partial charge on any atom is 0.153 e. The molecule has 1 radical (unpaired) electrons. The summed E-state index contributed by atoms with van der Waals surface area (Å²) in [6.07, 6.45) is 0. The van der Waals surface area contributed by atoms with E-state index < -0.39 is 0 Å². The van der Waals surface area contributed by atoms with Crippen molar-refractivity contribution in [2.75, 3.05) is 5.73 Å². The highest BCUT2D eigenvalue weighted by atomic mass is 15.1. The number of aromatic amines is 1. The molecular formula is C8H8N3. The van der Waals surface area contributed by atoms with Gasteiger partial charge < -0.3 is 5.73 Å². The van der Waals surface area contributed by atoms with Gasteiger partial charge in [-0.15, -0.1) is 0 Å². The smallest absolute Gasteiger partial charge is 0.153 e. The second-order valence-corrected chi connectivity index (χ2v) is 2.55. The predicted molar refractivity (Wildman–Crippen MR) is 44.1 cm³/mol. The first-order chi connectivity index (χ1) is 5.27. The van der Waals surface area contributed by atoms with Crippen LogP contribution in [0, 0.1) is 13.0 Å². The van der Waals surface area contributed by atoms with Gasteiger partial charge in [-0.25, -0.2) is 0 Å². The SMILES string of the molecule is Cc1[c]cc2c(N)n[nH]c2c1. The maximum atomic E-state index is 5.56. The monoisotopic (exact) mass is 146 g/mol. The molecule has 2 aromatic rings. The van der Waals surface area contributed by atoms with Crippen LogP contribution in [0.3, 0.4) is 0 Å². The number of nitrogens with two attached hydrogens (primary N) is 1. The van der Waals surface area contributed by atoms with Crippen molar-refractivity contribution in [1.82, 2.24) is 10.2 Å². The summed E-state index contributed by atoms with van der Waals surface area (Å²) in [5, 5.41) is 7.64. The molecule has 1 heterocycles. The minimum absolute atomic E-state index is 0.538. The number of anilines is 1. The predicted octanol–water partition coefficient (Wildman–Crippen LogP) is 1.25. The summed E-state index contributed by atoms with van der Waals surface area (Å²) in [4.78, 5) is 0. The lowest BCUT2D eigenvalue weighted by Crippen LogP contribution is -1.83. The lowest BCUT2D eigenvalue weighted by molar-refractivity contribution is 1.13. The van der Waals surface area contributed by atoms with Gasteiger partial charge in [-0.3, -0.25) is 5.10 Å². The van der Waals surface area contributed by atoms with E-state index in [0.717, 1.165) is 16.5 Å². The molecule has 2 rings (SSSR count). The Morgan fingerprint density at radius 1 is 1.64 bits per heavy atom. The molecule has 3 nitrogen and oxygen atoms in total. The zero-order chi connectivity index (χ0) is 7.84. The van der Waals surface area contributed by atoms with Crippen LogP contribution < -0.4 is 5.73 Å². The molecule has 3 heteroatoms. The van der Waals surface area contributed by atoms with Crippen LogP contribution >= 0.6 is 0 Å². The average Bonchev–Trinajstić information content (AvgIpc) is 2.32. The molecule has 0 amide bonds. The Labute approximate surface area is 64.2 Å². The van der Waals surface area contributed by atoms with Crippen molar-refractivity contribution >= 4 is 16.7 Å². The molecule has 3 N–H and O–H groups in total. The quantitative estimate of drug-likeness (QED) is 0.587. The van der Waals surface area contributed by atoms with Gasteiger partial charge in [-0.1, -0.05) is 0 Å². The number of nitrogen functional groups attached to an aromatic ring is 1. The van der Waals surface area contributed by atoms with Crippen molar-refractivity contribution in [3.05, 3.63) is 23.8 Å². The standard InChI is InChI=1S/C8H8N3/c1-5-2-3-6-7(4-5)10-11-8(6)9/h3-4H,1H3,(H3,9,10,11). The van der Waals surface area contributed by atoms with Crippen LogP contribution in [0.4, 0.5) is 5.82 Å². The van der Waals surface area contributed by atoms with Crippen LogP contribution in [-0.2, 0) is 0 Å². The van der Waals surface area contributed by atoms with E-state index in [1.165, 1.54) is 0 Å². The summed E-state index contributed by atoms with van der Waals surface area (Å²) in [6.45, 7) is 1.98. The largest absolute Gasteiger partial charge is 0.382 e. The number of benzene rings is 1. The van der Waals surface area contributed by atoms with Crippen molar-refractivity contribution in [3.8, 4) is 0 Å². The molecule has 0 fully saturated rings. The topological polar surface area (TPSA) is 54.7 Å². The first-order valence-electron chi connectivity index (χ1n) is 3.39. The van der Waals surface area contributed by atoms with Crippen molar-refractivity contribution in [2.24, 2.45) is 0 Å². The molecule has 0 atom stereocenters. The second kappa shape index (κ2) is 1.99. The molecule has 1 aromatic heterocycles. The average molecular weight is 146 g/mol. The van der Waals surface area contributed by atoms with Gasteiger partial charge in [0, 0.05) is 5.39 Å². The minimum Gasteiger partial charge on any atom is -0.382 e. The molecule has 0 bridgehead atoms. The highest BCUT2D eigenvalue weighted by Crippen LogP contribution is 2.17. The van der Waals surface area contributed by atoms with E-state index in [9.17, 15) is 0 Å². The summed E-state index contributed by atoms with van der Waals surface area (Å²) in [6, 6.07) is 6.88. The fraction of sp³-hybridized carbons (Fsp3) is 0.125. The van der Waals surface area contributed by atoms with Gasteiger partial charge in [0.05, 0.1) is 5.52 Å². The molecule has 0 saturated carbocycles. The normalized spacial score (nSPS) is 10.6. The van der Waals surface area contributed by atoms with Crippen LogP contribution in [0.15, 0.2) is 12.1 Å². The van der Waals surface area contributed by atoms with Crippen LogP contribution in [0.2, 0.25) is 0 Å². The fourth-order valence-corrected chi connectivity index (χ4v) is 1.08. The third-order valence-electron chi connectivity index (χ3n) is 1.67. The van der Waals surface area contributed by atoms with Crippen molar-refractivity contribution < 1.29 is 0 Å². The summed E-state index contributed by atoms with van der Waals surface area (Å²) in [7, 11) is 0. The lowest BCUT2D eigenvalue weighted by Gasteiger charge is -1.90. The number of nitrogens with one attached hydrogen (secondary N) is 1. The number of hydrogen-bond acceptors (Lipinski definition) is 2. The first kappa shape index (κ1) is 6.22. The Bertz CT molecular complexity index is 389. The fourth-order valence-electron chi connectivity index (χ4n) is 1.08. The molecule has 0 aliphatic carbocycles. The molecule has 55 valence electrons. The zero-order valence-corrected chi connectivity index (χ0v) is 6.18. The van der Waals surface area contributed by atoms with Gasteiger partial charge in [0.15, 0.2) is 5.82 Å². The lowest BCUT2D eigenvalue weighted by atomic mass is 10.2. The number of aromatic nitrogens is 2. The molecule has 0 unspecified atom stereocenters. The Balaban J connectivity index is 2.86. The Morgan fingerprint density at radius 3 is 3.27 bits per heavy atom. The van der Waals surface area contributed by atoms with Gasteiger partial charge in [0.25, 0.3) is 0 Å². The van der Waals surface area contributed by atoms with Crippen LogP contribution in [0.1, 0.15) is 5.56 Å². The summed E-state index contributed by atoms with van der Waals surface area (Å²) >= 11 is 0. The first-order valence-corrected chi connectivity index (χ1v) is 3.39. The number of aryl methyl sites for hydroxylation is 1. The third-order valence-corrected chi connectivity index (χ3v) is 1.67. The van der Waals surface area contributed by atoms with Gasteiger partial charge in [0.1, 0.15) is 0 Å². The van der Waals surface area contributed by atoms with Crippen molar-refractivity contribution in [2.45, 2.75) is 6.92 Å². The summed E-state index contributed by atoms with van der Waals surface area (Å²) < 4.78 is 0. The van der Waals surface area contributed by atoms with E-state index in [1.807, 2.05) is 19.1 Å². The van der Waals surface area contributed by atoms with Gasteiger partial charge in [-0.05, 0) is 30.7 Å². The van der Waals surface area contributed by atoms with Gasteiger partial charge in [-0.2, -0.15) is 5.10 Å². The second-order valence-electron chi connectivity index (χ2n) is 2.55. The number of H-pyrrole nitrogens is 1. The highest BCUT2D eigenvalue weighted by molar-refractivity contribution is 5.88. The van der Waals surface area contributed by atoms with Crippen molar-refractivity contribution in [1.29, 1.82) is 0 Å².